The Morgan fingerprint density at radius 2 is 2.00 bits per heavy atom. The van der Waals surface area contributed by atoms with Crippen molar-refractivity contribution in [1.29, 1.82) is 0 Å². The van der Waals surface area contributed by atoms with Gasteiger partial charge in [0.2, 0.25) is 5.78 Å². The number of nitrogens with two attached hydrogens (primary N) is 1. The lowest BCUT2D eigenvalue weighted by Gasteiger charge is -2.36. The van der Waals surface area contributed by atoms with Gasteiger partial charge in [-0.05, 0) is 87.7 Å². The number of likely N-dealkylation sites (N-methyl/N-ethyl adjacent to an activating group) is 1. The van der Waals surface area contributed by atoms with Crippen molar-refractivity contribution in [2.24, 2.45) is 22.6 Å². The highest BCUT2D eigenvalue weighted by atomic mass is 16.7. The van der Waals surface area contributed by atoms with Crippen molar-refractivity contribution in [3.8, 4) is 0 Å². The van der Waals surface area contributed by atoms with Crippen molar-refractivity contribution in [2.45, 2.75) is 88.2 Å². The van der Waals surface area contributed by atoms with Crippen LogP contribution in [-0.2, 0) is 20.7 Å². The minimum atomic E-state index is -2.04. The van der Waals surface area contributed by atoms with E-state index in [1.807, 2.05) is 26.1 Å². The Morgan fingerprint density at radius 1 is 1.21 bits per heavy atom. The number of hydrogen-bond donors (Lipinski definition) is 5. The minimum Gasteiger partial charge on any atom is -0.463 e. The number of carbonyl (C=O) groups is 3. The number of aromatic nitrogens is 1. The fourth-order valence-corrected chi connectivity index (χ4v) is 8.74. The Morgan fingerprint density at radius 3 is 2.75 bits per heavy atom. The van der Waals surface area contributed by atoms with Crippen molar-refractivity contribution >= 4 is 29.3 Å². The van der Waals surface area contributed by atoms with Crippen LogP contribution < -0.4 is 27.0 Å². The molecule has 6 N–H and O–H groups in total. The first-order chi connectivity index (χ1) is 25.6. The molecular weight excluding hydrogens is 670 g/mol. The molecule has 0 amide bonds. The molecule has 1 fully saturated rings. The molecule has 5 aliphatic rings. The molecule has 1 aromatic carbocycles. The van der Waals surface area contributed by atoms with Crippen LogP contribution in [0.1, 0.15) is 90.3 Å². The number of nitrogens with one attached hydrogen (secondary N) is 4. The zero-order valence-corrected chi connectivity index (χ0v) is 31.0. The number of aliphatic imine (C=N–C) groups is 1. The average Bonchev–Trinajstić information content (AvgIpc) is 3.89. The Kier molecular flexibility index (Phi) is 10.4. The summed E-state index contributed by atoms with van der Waals surface area (Å²) in [6.07, 6.45) is 15.7. The Labute approximate surface area is 311 Å². The molecule has 7 unspecified atom stereocenters. The van der Waals surface area contributed by atoms with Crippen LogP contribution in [-0.4, -0.2) is 79.1 Å². The molecule has 0 saturated carbocycles. The van der Waals surface area contributed by atoms with E-state index < -0.39 is 23.0 Å². The Bertz CT molecular complexity index is 1900. The van der Waals surface area contributed by atoms with Gasteiger partial charge in [0.1, 0.15) is 5.82 Å². The van der Waals surface area contributed by atoms with Crippen LogP contribution in [0.2, 0.25) is 0 Å². The highest BCUT2D eigenvalue weighted by molar-refractivity contribution is 6.32. The monoisotopic (exact) mass is 721 g/mol. The highest BCUT2D eigenvalue weighted by Gasteiger charge is 2.85. The van der Waals surface area contributed by atoms with E-state index in [0.717, 1.165) is 61.2 Å². The summed E-state index contributed by atoms with van der Waals surface area (Å²) in [4.78, 5) is 51.5. The number of rotatable bonds is 12. The maximum absolute atomic E-state index is 14.3. The number of hydrogen-bond acceptors (Lipinski definition) is 10. The molecule has 280 valence electrons. The summed E-state index contributed by atoms with van der Waals surface area (Å²) in [5.74, 6) is -0.170. The zero-order chi connectivity index (χ0) is 37.3. The topological polar surface area (TPSA) is 172 Å². The molecule has 1 aromatic heterocycles. The fourth-order valence-electron chi connectivity index (χ4n) is 8.74. The van der Waals surface area contributed by atoms with Gasteiger partial charge in [-0.2, -0.15) is 0 Å². The van der Waals surface area contributed by atoms with Gasteiger partial charge in [-0.3, -0.25) is 14.6 Å². The highest BCUT2D eigenvalue weighted by Crippen LogP contribution is 2.58. The third-order valence-corrected chi connectivity index (χ3v) is 11.7. The van der Waals surface area contributed by atoms with Gasteiger partial charge in [-0.1, -0.05) is 61.1 Å². The van der Waals surface area contributed by atoms with Crippen molar-refractivity contribution < 1.29 is 23.9 Å². The lowest BCUT2D eigenvalue weighted by molar-refractivity contribution is -0.150. The molecule has 12 nitrogen and oxygen atoms in total. The number of esters is 1. The fraction of sp³-hybridized carbons (Fsp3) is 0.488. The average molecular weight is 722 g/mol. The first-order valence-electron chi connectivity index (χ1n) is 18.9. The van der Waals surface area contributed by atoms with Gasteiger partial charge in [-0.25, -0.2) is 9.78 Å². The number of Topliss-reactive ketones (excluding diaryl/α,β-unsaturated/α-hetero) is 2. The molecule has 1 saturated heterocycles. The number of carbonyl (C=O) groups excluding carboxylic acids is 3. The number of benzene rings is 1. The summed E-state index contributed by atoms with van der Waals surface area (Å²) < 4.78 is 12.2. The van der Waals surface area contributed by atoms with Gasteiger partial charge in [-0.15, -0.1) is 0 Å². The molecule has 3 aliphatic carbocycles. The molecule has 0 radical (unpaired) electrons. The van der Waals surface area contributed by atoms with Crippen LogP contribution >= 0.6 is 0 Å². The lowest BCUT2D eigenvalue weighted by Crippen LogP contribution is -2.51. The summed E-state index contributed by atoms with van der Waals surface area (Å²) in [7, 11) is 3.55. The number of anilines is 1. The van der Waals surface area contributed by atoms with Gasteiger partial charge >= 0.3 is 5.97 Å². The molecular formula is C41H51N7O5. The van der Waals surface area contributed by atoms with Crippen LogP contribution in [0.25, 0.3) is 0 Å². The van der Waals surface area contributed by atoms with E-state index >= 15 is 0 Å². The second-order valence-electron chi connectivity index (χ2n) is 14.9. The van der Waals surface area contributed by atoms with Crippen LogP contribution in [0.3, 0.4) is 0 Å². The van der Waals surface area contributed by atoms with E-state index in [1.165, 1.54) is 5.57 Å². The van der Waals surface area contributed by atoms with Crippen LogP contribution in [0.4, 0.5) is 5.82 Å². The third kappa shape index (κ3) is 6.61. The summed E-state index contributed by atoms with van der Waals surface area (Å²) >= 11 is 0. The van der Waals surface area contributed by atoms with Crippen molar-refractivity contribution in [3.05, 3.63) is 94.2 Å². The molecule has 0 spiro atoms. The maximum atomic E-state index is 14.3. The number of nitrogens with zero attached hydrogens (tertiary/aromatic N) is 2. The van der Waals surface area contributed by atoms with E-state index in [0.29, 0.717) is 18.3 Å². The van der Waals surface area contributed by atoms with Crippen molar-refractivity contribution in [2.75, 3.05) is 32.6 Å². The van der Waals surface area contributed by atoms with Gasteiger partial charge in [0.25, 0.3) is 5.60 Å². The summed E-state index contributed by atoms with van der Waals surface area (Å²) in [5.41, 5.74) is 7.30. The van der Waals surface area contributed by atoms with E-state index in [1.54, 1.807) is 37.5 Å². The molecule has 2 aromatic rings. The lowest BCUT2D eigenvalue weighted by atomic mass is 9.72. The van der Waals surface area contributed by atoms with E-state index in [9.17, 15) is 14.4 Å². The smallest absolute Gasteiger partial charge is 0.350 e. The van der Waals surface area contributed by atoms with Crippen LogP contribution in [0, 0.1) is 11.8 Å². The largest absolute Gasteiger partial charge is 0.463 e. The maximum Gasteiger partial charge on any atom is 0.350 e. The first kappa shape index (κ1) is 36.7. The third-order valence-electron chi connectivity index (χ3n) is 11.7. The quantitative estimate of drug-likeness (QED) is 0.0528. The summed E-state index contributed by atoms with van der Waals surface area (Å²) in [6.45, 7) is 4.91. The van der Waals surface area contributed by atoms with Gasteiger partial charge in [0.05, 0.1) is 18.8 Å². The standard InChI is InChI=1S/C41H51N7O5/c1-5-45-32-22-26-11-7-6-10-25(26)21-27(32)23-52-38(51)41-36(50)30-13-9-8-12-29(30)35(49)40(41,53-41)18-16-24(2)20-33(47-39(42)44-4)28-17-19-46-37-31(28)14-15-34(43-3)48-37/h7-9,11-13,16-17,19,22,25,27,32-34,43,45H,5-6,10,14-15,18,20-21,23H2,1-4H3,(H,46,48)(H3,42,44,47). The minimum absolute atomic E-state index is 0.0225. The van der Waals surface area contributed by atoms with E-state index in [4.69, 9.17) is 15.2 Å². The number of fused-ring (bicyclic) bond motifs is 4. The Balaban J connectivity index is 1.14. The predicted molar refractivity (Wildman–Crippen MR) is 204 cm³/mol. The zero-order valence-electron chi connectivity index (χ0n) is 31.0. The predicted octanol–water partition coefficient (Wildman–Crippen LogP) is 4.31. The molecule has 12 heteroatoms. The van der Waals surface area contributed by atoms with E-state index in [2.05, 4.69) is 56.4 Å². The number of ketones is 2. The number of ether oxygens (including phenoxy) is 2. The second-order valence-corrected chi connectivity index (χ2v) is 14.9. The molecule has 7 rings (SSSR count). The van der Waals surface area contributed by atoms with Crippen LogP contribution in [0.5, 0.6) is 0 Å². The number of allylic oxidation sites excluding steroid dienone is 3. The normalized spacial score (nSPS) is 29.5. The van der Waals surface area contributed by atoms with Gasteiger partial charge in [0, 0.05) is 42.8 Å². The number of guanidine groups is 1. The number of epoxide rings is 1. The molecule has 7 atom stereocenters. The first-order valence-corrected chi connectivity index (χ1v) is 18.9. The van der Waals surface area contributed by atoms with Gasteiger partial charge < -0.3 is 36.5 Å². The summed E-state index contributed by atoms with van der Waals surface area (Å²) in [5, 5.41) is 13.6. The van der Waals surface area contributed by atoms with Crippen LogP contribution in [0.15, 0.2) is 77.0 Å². The Hall–Kier alpha value is -4.65. The molecule has 3 heterocycles. The molecule has 2 aliphatic heterocycles. The van der Waals surface area contributed by atoms with E-state index in [-0.39, 0.29) is 54.1 Å². The second kappa shape index (κ2) is 15.0. The SMILES string of the molecule is CCNC1C=C2C=CCCC2CC1COC(=O)C12OC1(CC=C(C)CC(NC(N)=NC)c1ccnc3c1CCC(NC)N3)C(=O)c1ccccc1C2=O. The number of pyridine rings is 1. The van der Waals surface area contributed by atoms with Crippen molar-refractivity contribution in [3.63, 3.8) is 0 Å². The van der Waals surface area contributed by atoms with Gasteiger partial charge in [0.15, 0.2) is 17.3 Å². The molecule has 53 heavy (non-hydrogen) atoms. The molecule has 0 bridgehead atoms. The summed E-state index contributed by atoms with van der Waals surface area (Å²) in [6, 6.07) is 8.39. The van der Waals surface area contributed by atoms with Crippen molar-refractivity contribution in [1.82, 2.24) is 20.9 Å².